The first-order valence-electron chi connectivity index (χ1n) is 11.5. The molecule has 0 atom stereocenters. The van der Waals surface area contributed by atoms with Gasteiger partial charge in [0, 0.05) is 39.3 Å². The van der Waals surface area contributed by atoms with E-state index in [0.717, 1.165) is 24.6 Å². The van der Waals surface area contributed by atoms with Gasteiger partial charge in [-0.15, -0.1) is 0 Å². The van der Waals surface area contributed by atoms with Gasteiger partial charge in [0.25, 0.3) is 5.56 Å². The van der Waals surface area contributed by atoms with E-state index >= 15 is 0 Å². The molecule has 0 spiro atoms. The number of alkyl halides is 3. The summed E-state index contributed by atoms with van der Waals surface area (Å²) < 4.78 is 57.5. The lowest BCUT2D eigenvalue weighted by Crippen LogP contribution is -2.49. The molecule has 0 saturated carbocycles. The standard InChI is InChI=1S/C24H22F4N6O3/c1-2-18(36)31-9-11-32(12-10-31)21-14-13-17(24(26,27)28)34(20-15(25)5-3-6-16(20)35)22(37)19(14)29-23(30-21)33-7-4-8-33/h2-3,5-6,13,35H,1,4,7-12H2. The van der Waals surface area contributed by atoms with Crippen LogP contribution in [0, 0.1) is 5.82 Å². The number of rotatable bonds is 4. The topological polar surface area (TPSA) is 94.8 Å². The van der Waals surface area contributed by atoms with Gasteiger partial charge in [-0.1, -0.05) is 12.6 Å². The Balaban J connectivity index is 1.75. The van der Waals surface area contributed by atoms with Crippen LogP contribution in [0.3, 0.4) is 0 Å². The molecule has 1 N–H and O–H groups in total. The zero-order chi connectivity index (χ0) is 26.5. The van der Waals surface area contributed by atoms with Crippen LogP contribution >= 0.6 is 0 Å². The smallest absolute Gasteiger partial charge is 0.431 e. The summed E-state index contributed by atoms with van der Waals surface area (Å²) >= 11 is 0. The fourth-order valence-corrected chi connectivity index (χ4v) is 4.48. The maximum absolute atomic E-state index is 14.7. The van der Waals surface area contributed by atoms with Gasteiger partial charge in [0.2, 0.25) is 11.9 Å². The van der Waals surface area contributed by atoms with E-state index in [1.807, 2.05) is 0 Å². The van der Waals surface area contributed by atoms with Crippen molar-refractivity contribution in [3.63, 3.8) is 0 Å². The van der Waals surface area contributed by atoms with Gasteiger partial charge in [0.15, 0.2) is 5.82 Å². The number of pyridine rings is 1. The summed E-state index contributed by atoms with van der Waals surface area (Å²) in [5.41, 5.74) is -3.97. The number of halogens is 4. The first kappa shape index (κ1) is 24.5. The molecule has 5 rings (SSSR count). The van der Waals surface area contributed by atoms with Crippen LogP contribution in [-0.4, -0.2) is 69.7 Å². The van der Waals surface area contributed by atoms with E-state index < -0.39 is 34.7 Å². The molecule has 2 aliphatic heterocycles. The zero-order valence-electron chi connectivity index (χ0n) is 19.5. The molecule has 13 heteroatoms. The fourth-order valence-electron chi connectivity index (χ4n) is 4.48. The monoisotopic (exact) mass is 518 g/mol. The zero-order valence-corrected chi connectivity index (χ0v) is 19.5. The number of benzene rings is 1. The van der Waals surface area contributed by atoms with Crippen molar-refractivity contribution in [1.82, 2.24) is 19.4 Å². The van der Waals surface area contributed by atoms with Crippen LogP contribution in [0.5, 0.6) is 5.75 Å². The molecule has 2 aromatic heterocycles. The lowest BCUT2D eigenvalue weighted by atomic mass is 10.1. The van der Waals surface area contributed by atoms with Gasteiger partial charge in [-0.25, -0.2) is 9.37 Å². The Morgan fingerprint density at radius 3 is 2.32 bits per heavy atom. The lowest BCUT2D eigenvalue weighted by molar-refractivity contribution is -0.142. The fraction of sp³-hybridized carbons (Fsp3) is 0.333. The molecule has 0 bridgehead atoms. The second-order valence-corrected chi connectivity index (χ2v) is 8.74. The highest BCUT2D eigenvalue weighted by Crippen LogP contribution is 2.37. The van der Waals surface area contributed by atoms with E-state index in [2.05, 4.69) is 16.5 Å². The largest absolute Gasteiger partial charge is 0.506 e. The second-order valence-electron chi connectivity index (χ2n) is 8.74. The van der Waals surface area contributed by atoms with E-state index in [1.54, 1.807) is 14.7 Å². The minimum atomic E-state index is -5.08. The van der Waals surface area contributed by atoms with E-state index in [9.17, 15) is 32.3 Å². The maximum Gasteiger partial charge on any atom is 0.431 e. The quantitative estimate of drug-likeness (QED) is 0.419. The number of phenols is 1. The van der Waals surface area contributed by atoms with Crippen LogP contribution in [0.15, 0.2) is 41.7 Å². The molecule has 1 aromatic carbocycles. The number of aromatic nitrogens is 3. The summed E-state index contributed by atoms with van der Waals surface area (Å²) in [4.78, 5) is 39.4. The Kier molecular flexibility index (Phi) is 6.00. The summed E-state index contributed by atoms with van der Waals surface area (Å²) in [6.45, 7) is 5.75. The second kappa shape index (κ2) is 9.05. The lowest BCUT2D eigenvalue weighted by Gasteiger charge is -2.36. The molecule has 0 aliphatic carbocycles. The first-order chi connectivity index (χ1) is 17.6. The number of fused-ring (bicyclic) bond motifs is 1. The number of nitrogens with zero attached hydrogens (tertiary/aromatic N) is 6. The van der Waals surface area contributed by atoms with E-state index in [0.29, 0.717) is 19.2 Å². The summed E-state index contributed by atoms with van der Waals surface area (Å²) in [5.74, 6) is -2.01. The first-order valence-corrected chi connectivity index (χ1v) is 11.5. The van der Waals surface area contributed by atoms with Gasteiger partial charge in [0.05, 0.1) is 5.39 Å². The van der Waals surface area contributed by atoms with Gasteiger partial charge in [0.1, 0.15) is 28.5 Å². The Labute approximate surface area is 207 Å². The number of carbonyl (C=O) groups is 1. The van der Waals surface area contributed by atoms with Crippen molar-refractivity contribution < 1.29 is 27.5 Å². The highest BCUT2D eigenvalue weighted by atomic mass is 19.4. The number of phenolic OH excluding ortho intramolecular Hbond substituents is 1. The van der Waals surface area contributed by atoms with E-state index in [-0.39, 0.29) is 59.3 Å². The molecular weight excluding hydrogens is 496 g/mol. The molecule has 0 unspecified atom stereocenters. The number of amides is 1. The van der Waals surface area contributed by atoms with Crippen molar-refractivity contribution in [2.75, 3.05) is 49.1 Å². The van der Waals surface area contributed by atoms with Crippen LogP contribution < -0.4 is 15.4 Å². The van der Waals surface area contributed by atoms with Crippen molar-refractivity contribution in [3.8, 4) is 11.4 Å². The van der Waals surface area contributed by atoms with Gasteiger partial charge >= 0.3 is 6.18 Å². The minimum Gasteiger partial charge on any atom is -0.506 e. The molecule has 2 saturated heterocycles. The number of aromatic hydroxyl groups is 1. The Hall–Kier alpha value is -4.16. The van der Waals surface area contributed by atoms with Crippen molar-refractivity contribution in [3.05, 3.63) is 58.8 Å². The number of hydrogen-bond acceptors (Lipinski definition) is 7. The highest BCUT2D eigenvalue weighted by molar-refractivity contribution is 5.91. The molecule has 37 heavy (non-hydrogen) atoms. The third kappa shape index (κ3) is 4.23. The summed E-state index contributed by atoms with van der Waals surface area (Å²) in [6, 6.07) is 3.68. The third-order valence-corrected chi connectivity index (χ3v) is 6.53. The van der Waals surface area contributed by atoms with Gasteiger partial charge in [-0.2, -0.15) is 18.2 Å². The molecule has 0 radical (unpaired) electrons. The van der Waals surface area contributed by atoms with Crippen LogP contribution in [0.2, 0.25) is 0 Å². The summed E-state index contributed by atoms with van der Waals surface area (Å²) in [7, 11) is 0. The van der Waals surface area contributed by atoms with E-state index in [1.165, 1.54) is 6.08 Å². The van der Waals surface area contributed by atoms with Crippen molar-refractivity contribution in [2.24, 2.45) is 0 Å². The van der Waals surface area contributed by atoms with Crippen LogP contribution in [0.4, 0.5) is 29.3 Å². The average molecular weight is 518 g/mol. The summed E-state index contributed by atoms with van der Waals surface area (Å²) in [5, 5.41) is 10.1. The molecule has 4 heterocycles. The number of anilines is 2. The van der Waals surface area contributed by atoms with Crippen LogP contribution in [0.1, 0.15) is 12.1 Å². The number of carbonyl (C=O) groups excluding carboxylic acids is 1. The minimum absolute atomic E-state index is 0.115. The average Bonchev–Trinajstić information content (AvgIpc) is 2.82. The predicted molar refractivity (Wildman–Crippen MR) is 128 cm³/mol. The van der Waals surface area contributed by atoms with Gasteiger partial charge in [-0.3, -0.25) is 14.2 Å². The van der Waals surface area contributed by atoms with Crippen molar-refractivity contribution in [1.29, 1.82) is 0 Å². The molecule has 1 amide bonds. The van der Waals surface area contributed by atoms with Crippen molar-refractivity contribution in [2.45, 2.75) is 12.6 Å². The van der Waals surface area contributed by atoms with E-state index in [4.69, 9.17) is 0 Å². The van der Waals surface area contributed by atoms with Crippen molar-refractivity contribution >= 4 is 28.6 Å². The van der Waals surface area contributed by atoms with Crippen LogP contribution in [0.25, 0.3) is 16.6 Å². The molecule has 194 valence electrons. The Bertz CT molecular complexity index is 1440. The third-order valence-electron chi connectivity index (χ3n) is 6.53. The Morgan fingerprint density at radius 1 is 1.05 bits per heavy atom. The summed E-state index contributed by atoms with van der Waals surface area (Å²) in [6.07, 6.45) is -3.03. The normalized spacial score (nSPS) is 16.2. The number of piperazine rings is 1. The number of hydrogen-bond donors (Lipinski definition) is 1. The Morgan fingerprint density at radius 2 is 1.76 bits per heavy atom. The molecule has 3 aromatic rings. The van der Waals surface area contributed by atoms with Gasteiger partial charge < -0.3 is 19.8 Å². The molecule has 9 nitrogen and oxygen atoms in total. The number of para-hydroxylation sites is 1. The SMILES string of the molecule is C=CC(=O)N1CCN(c2nc(N3CCC3)nc3c(=O)n(-c4c(O)cccc4F)c(C(F)(F)F)cc23)CC1. The molecular formula is C24H22F4N6O3. The molecule has 2 aliphatic rings. The molecule has 2 fully saturated rings. The van der Waals surface area contributed by atoms with Gasteiger partial charge in [-0.05, 0) is 30.7 Å². The highest BCUT2D eigenvalue weighted by Gasteiger charge is 2.38. The predicted octanol–water partition coefficient (Wildman–Crippen LogP) is 2.69. The van der Waals surface area contributed by atoms with Crippen LogP contribution in [-0.2, 0) is 11.0 Å². The maximum atomic E-state index is 14.7.